The van der Waals surface area contributed by atoms with Crippen LogP contribution in [0.5, 0.6) is 11.5 Å². The molecule has 0 spiro atoms. The Bertz CT molecular complexity index is 517. The van der Waals surface area contributed by atoms with E-state index in [0.29, 0.717) is 19.1 Å². The third-order valence-corrected chi connectivity index (χ3v) is 2.93. The summed E-state index contributed by atoms with van der Waals surface area (Å²) >= 11 is 0. The lowest BCUT2D eigenvalue weighted by molar-refractivity contribution is 0.188. The molecule has 0 amide bonds. The number of rotatable bonds is 7. The first-order valence-corrected chi connectivity index (χ1v) is 6.81. The number of hydrogen-bond acceptors (Lipinski definition) is 2. The molecule has 0 bridgehead atoms. The van der Waals surface area contributed by atoms with Crippen LogP contribution in [-0.2, 0) is 0 Å². The van der Waals surface area contributed by atoms with Crippen LogP contribution in [0.1, 0.15) is 12.5 Å². The maximum Gasteiger partial charge on any atom is 0.119 e. The first kappa shape index (κ1) is 14.2. The van der Waals surface area contributed by atoms with Gasteiger partial charge in [0.25, 0.3) is 0 Å². The van der Waals surface area contributed by atoms with Crippen LogP contribution in [0.3, 0.4) is 0 Å². The first-order chi connectivity index (χ1) is 9.78. The van der Waals surface area contributed by atoms with Gasteiger partial charge < -0.3 is 9.47 Å². The second-order valence-electron chi connectivity index (χ2n) is 4.81. The summed E-state index contributed by atoms with van der Waals surface area (Å²) in [5, 5.41) is 0. The zero-order valence-electron chi connectivity index (χ0n) is 11.8. The highest BCUT2D eigenvalue weighted by Gasteiger charge is 2.04. The fraction of sp³-hybridized carbons (Fsp3) is 0.222. The molecule has 0 heterocycles. The predicted octanol–water partition coefficient (Wildman–Crippen LogP) is 4.42. The van der Waals surface area contributed by atoms with E-state index in [2.05, 4.69) is 13.5 Å². The van der Waals surface area contributed by atoms with E-state index in [1.807, 2.05) is 60.7 Å². The number of para-hydroxylation sites is 1. The SMILES string of the molecule is C=Cc1ccc(OCC(C)COc2ccccc2)cc1. The van der Waals surface area contributed by atoms with E-state index in [1.54, 1.807) is 0 Å². The van der Waals surface area contributed by atoms with Crippen molar-refractivity contribution in [1.29, 1.82) is 0 Å². The van der Waals surface area contributed by atoms with Crippen LogP contribution in [0, 0.1) is 5.92 Å². The molecule has 20 heavy (non-hydrogen) atoms. The van der Waals surface area contributed by atoms with Gasteiger partial charge in [0.15, 0.2) is 0 Å². The first-order valence-electron chi connectivity index (χ1n) is 6.81. The van der Waals surface area contributed by atoms with Gasteiger partial charge in [0, 0.05) is 5.92 Å². The van der Waals surface area contributed by atoms with Crippen LogP contribution in [0.2, 0.25) is 0 Å². The van der Waals surface area contributed by atoms with Gasteiger partial charge in [-0.25, -0.2) is 0 Å². The molecule has 0 saturated carbocycles. The summed E-state index contributed by atoms with van der Waals surface area (Å²) < 4.78 is 11.4. The van der Waals surface area contributed by atoms with Crippen molar-refractivity contribution >= 4 is 6.08 Å². The molecule has 0 fully saturated rings. The minimum Gasteiger partial charge on any atom is -0.493 e. The lowest BCUT2D eigenvalue weighted by atomic mass is 10.2. The highest BCUT2D eigenvalue weighted by Crippen LogP contribution is 2.15. The molecule has 0 saturated heterocycles. The van der Waals surface area contributed by atoms with Crippen molar-refractivity contribution in [3.8, 4) is 11.5 Å². The molecule has 0 aliphatic carbocycles. The second-order valence-corrected chi connectivity index (χ2v) is 4.81. The summed E-state index contributed by atoms with van der Waals surface area (Å²) in [5.74, 6) is 2.10. The topological polar surface area (TPSA) is 18.5 Å². The van der Waals surface area contributed by atoms with Crippen LogP contribution < -0.4 is 9.47 Å². The predicted molar refractivity (Wildman–Crippen MR) is 83.1 cm³/mol. The molecule has 104 valence electrons. The van der Waals surface area contributed by atoms with Gasteiger partial charge in [-0.15, -0.1) is 0 Å². The molecule has 2 rings (SSSR count). The molecular weight excluding hydrogens is 248 g/mol. The zero-order chi connectivity index (χ0) is 14.2. The van der Waals surface area contributed by atoms with Gasteiger partial charge in [0.05, 0.1) is 13.2 Å². The standard InChI is InChI=1S/C18H20O2/c1-3-16-9-11-18(12-10-16)20-14-15(2)13-19-17-7-5-4-6-8-17/h3-12,15H,1,13-14H2,2H3. The van der Waals surface area contributed by atoms with Crippen LogP contribution >= 0.6 is 0 Å². The van der Waals surface area contributed by atoms with Gasteiger partial charge in [0.2, 0.25) is 0 Å². The largest absolute Gasteiger partial charge is 0.493 e. The van der Waals surface area contributed by atoms with Crippen molar-refractivity contribution < 1.29 is 9.47 Å². The Balaban J connectivity index is 1.74. The normalized spacial score (nSPS) is 11.7. The van der Waals surface area contributed by atoms with Gasteiger partial charge in [-0.3, -0.25) is 0 Å². The number of ether oxygens (including phenoxy) is 2. The van der Waals surface area contributed by atoms with E-state index < -0.39 is 0 Å². The summed E-state index contributed by atoms with van der Waals surface area (Å²) in [6.07, 6.45) is 1.82. The Labute approximate surface area is 120 Å². The molecule has 2 nitrogen and oxygen atoms in total. The fourth-order valence-electron chi connectivity index (χ4n) is 1.74. The van der Waals surface area contributed by atoms with Crippen molar-refractivity contribution in [2.24, 2.45) is 5.92 Å². The van der Waals surface area contributed by atoms with Crippen LogP contribution in [0.25, 0.3) is 6.08 Å². The average molecular weight is 268 g/mol. The smallest absolute Gasteiger partial charge is 0.119 e. The molecule has 0 radical (unpaired) electrons. The van der Waals surface area contributed by atoms with Crippen molar-refractivity contribution in [3.05, 3.63) is 66.7 Å². The van der Waals surface area contributed by atoms with E-state index in [0.717, 1.165) is 17.1 Å². The quantitative estimate of drug-likeness (QED) is 0.740. The molecular formula is C18H20O2. The fourth-order valence-corrected chi connectivity index (χ4v) is 1.74. The van der Waals surface area contributed by atoms with Crippen molar-refractivity contribution in [3.63, 3.8) is 0 Å². The molecule has 1 unspecified atom stereocenters. The van der Waals surface area contributed by atoms with E-state index in [1.165, 1.54) is 0 Å². The molecule has 2 heteroatoms. The number of benzene rings is 2. The molecule has 1 atom stereocenters. The summed E-state index contributed by atoms with van der Waals surface area (Å²) in [6, 6.07) is 17.7. The third kappa shape index (κ3) is 4.47. The van der Waals surface area contributed by atoms with E-state index in [4.69, 9.17) is 9.47 Å². The van der Waals surface area contributed by atoms with Gasteiger partial charge in [0.1, 0.15) is 11.5 Å². The lowest BCUT2D eigenvalue weighted by Gasteiger charge is -2.14. The van der Waals surface area contributed by atoms with E-state index in [-0.39, 0.29) is 0 Å². The van der Waals surface area contributed by atoms with Gasteiger partial charge in [-0.2, -0.15) is 0 Å². The molecule has 0 aromatic heterocycles. The molecule has 0 N–H and O–H groups in total. The van der Waals surface area contributed by atoms with Crippen molar-refractivity contribution in [2.75, 3.05) is 13.2 Å². The lowest BCUT2D eigenvalue weighted by Crippen LogP contribution is -2.16. The number of hydrogen-bond donors (Lipinski definition) is 0. The highest BCUT2D eigenvalue weighted by atomic mass is 16.5. The Morgan fingerprint density at radius 3 is 2.00 bits per heavy atom. The minimum atomic E-state index is 0.328. The Hall–Kier alpha value is -2.22. The minimum absolute atomic E-state index is 0.328. The molecule has 2 aromatic carbocycles. The van der Waals surface area contributed by atoms with E-state index >= 15 is 0 Å². The Morgan fingerprint density at radius 2 is 1.45 bits per heavy atom. The Kier molecular flexibility index (Phi) is 5.24. The maximum atomic E-state index is 5.74. The third-order valence-electron chi connectivity index (χ3n) is 2.93. The van der Waals surface area contributed by atoms with Crippen LogP contribution in [0.4, 0.5) is 0 Å². The zero-order valence-corrected chi connectivity index (χ0v) is 11.8. The van der Waals surface area contributed by atoms with Crippen molar-refractivity contribution in [2.45, 2.75) is 6.92 Å². The molecule has 0 aliphatic rings. The maximum absolute atomic E-state index is 5.74. The summed E-state index contributed by atoms with van der Waals surface area (Å²) in [4.78, 5) is 0. The van der Waals surface area contributed by atoms with Crippen LogP contribution in [-0.4, -0.2) is 13.2 Å². The molecule has 0 aliphatic heterocycles. The summed E-state index contributed by atoms with van der Waals surface area (Å²) in [7, 11) is 0. The van der Waals surface area contributed by atoms with Crippen LogP contribution in [0.15, 0.2) is 61.2 Å². The summed E-state index contributed by atoms with van der Waals surface area (Å²) in [6.45, 7) is 7.13. The highest BCUT2D eigenvalue weighted by molar-refractivity contribution is 5.48. The Morgan fingerprint density at radius 1 is 0.900 bits per heavy atom. The van der Waals surface area contributed by atoms with E-state index in [9.17, 15) is 0 Å². The van der Waals surface area contributed by atoms with Crippen molar-refractivity contribution in [1.82, 2.24) is 0 Å². The average Bonchev–Trinajstić information content (AvgIpc) is 2.52. The second kappa shape index (κ2) is 7.39. The van der Waals surface area contributed by atoms with Gasteiger partial charge in [-0.05, 0) is 29.8 Å². The monoisotopic (exact) mass is 268 g/mol. The van der Waals surface area contributed by atoms with Gasteiger partial charge in [-0.1, -0.05) is 49.9 Å². The van der Waals surface area contributed by atoms with Gasteiger partial charge >= 0.3 is 0 Å². The molecule has 2 aromatic rings. The summed E-state index contributed by atoms with van der Waals surface area (Å²) in [5.41, 5.74) is 1.10.